The van der Waals surface area contributed by atoms with Crippen molar-refractivity contribution in [3.63, 3.8) is 0 Å². The summed E-state index contributed by atoms with van der Waals surface area (Å²) in [5, 5.41) is 9.57. The number of ether oxygens (including phenoxy) is 1. The van der Waals surface area contributed by atoms with E-state index in [4.69, 9.17) is 4.74 Å². The first-order chi connectivity index (χ1) is 13.4. The van der Waals surface area contributed by atoms with E-state index in [1.807, 2.05) is 30.3 Å². The number of carbonyl (C=O) groups is 2. The topological polar surface area (TPSA) is 73.3 Å². The van der Waals surface area contributed by atoms with Gasteiger partial charge in [0.2, 0.25) is 0 Å². The number of aliphatic carboxylic acids is 1. The van der Waals surface area contributed by atoms with Gasteiger partial charge in [0.1, 0.15) is 6.61 Å². The van der Waals surface area contributed by atoms with Crippen molar-refractivity contribution in [1.82, 2.24) is 14.7 Å². The lowest BCUT2D eigenvalue weighted by Crippen LogP contribution is -2.58. The molecule has 1 N–H and O–H groups in total. The van der Waals surface area contributed by atoms with Gasteiger partial charge in [-0.15, -0.1) is 0 Å². The molecule has 2 saturated heterocycles. The molecule has 7 heteroatoms. The summed E-state index contributed by atoms with van der Waals surface area (Å²) in [6.45, 7) is 9.09. The Bertz CT molecular complexity index is 659. The molecule has 1 aromatic carbocycles. The summed E-state index contributed by atoms with van der Waals surface area (Å²) < 4.78 is 5.45. The normalized spacial score (nSPS) is 24.3. The molecule has 0 unspecified atom stereocenters. The quantitative estimate of drug-likeness (QED) is 0.832. The summed E-state index contributed by atoms with van der Waals surface area (Å²) >= 11 is 0. The van der Waals surface area contributed by atoms with Crippen LogP contribution >= 0.6 is 0 Å². The van der Waals surface area contributed by atoms with E-state index in [1.54, 1.807) is 4.90 Å². The molecule has 28 heavy (non-hydrogen) atoms. The summed E-state index contributed by atoms with van der Waals surface area (Å²) in [5.74, 6) is -1.39. The molecule has 1 aromatic rings. The van der Waals surface area contributed by atoms with Crippen molar-refractivity contribution in [3.05, 3.63) is 35.9 Å². The molecule has 0 saturated carbocycles. The van der Waals surface area contributed by atoms with E-state index in [-0.39, 0.29) is 19.2 Å². The Morgan fingerprint density at radius 3 is 2.39 bits per heavy atom. The third-order valence-electron chi connectivity index (χ3n) is 5.84. The lowest BCUT2D eigenvalue weighted by atomic mass is 9.93. The van der Waals surface area contributed by atoms with Crippen molar-refractivity contribution in [2.24, 2.45) is 5.92 Å². The fourth-order valence-corrected chi connectivity index (χ4v) is 4.09. The van der Waals surface area contributed by atoms with Gasteiger partial charge in [-0.05, 0) is 25.8 Å². The maximum absolute atomic E-state index is 12.6. The SMILES string of the molecule is CC(C)N1CCN([C@H]2C[C@@H](C(=O)O)CN(C(=O)OCc3ccccc3)C2)CC1. The van der Waals surface area contributed by atoms with Crippen molar-refractivity contribution in [1.29, 1.82) is 0 Å². The van der Waals surface area contributed by atoms with E-state index in [0.29, 0.717) is 19.0 Å². The van der Waals surface area contributed by atoms with Gasteiger partial charge >= 0.3 is 12.1 Å². The maximum atomic E-state index is 12.6. The molecule has 1 amide bonds. The maximum Gasteiger partial charge on any atom is 0.410 e. The lowest BCUT2D eigenvalue weighted by molar-refractivity contribution is -0.144. The van der Waals surface area contributed by atoms with Crippen molar-refractivity contribution >= 4 is 12.1 Å². The third kappa shape index (κ3) is 5.23. The van der Waals surface area contributed by atoms with Gasteiger partial charge in [0, 0.05) is 51.4 Å². The van der Waals surface area contributed by atoms with Crippen molar-refractivity contribution in [2.75, 3.05) is 39.3 Å². The van der Waals surface area contributed by atoms with Crippen molar-refractivity contribution < 1.29 is 19.4 Å². The van der Waals surface area contributed by atoms with Crippen LogP contribution in [-0.2, 0) is 16.1 Å². The van der Waals surface area contributed by atoms with Crippen LogP contribution in [0.4, 0.5) is 4.79 Å². The minimum atomic E-state index is -0.841. The predicted octanol–water partition coefficient (Wildman–Crippen LogP) is 2.12. The Labute approximate surface area is 166 Å². The molecule has 7 nitrogen and oxygen atoms in total. The molecule has 3 rings (SSSR count). The monoisotopic (exact) mass is 389 g/mol. The molecular weight excluding hydrogens is 358 g/mol. The van der Waals surface area contributed by atoms with Crippen LogP contribution in [0.2, 0.25) is 0 Å². The highest BCUT2D eigenvalue weighted by molar-refractivity contribution is 5.73. The predicted molar refractivity (Wildman–Crippen MR) is 106 cm³/mol. The molecule has 2 aliphatic heterocycles. The molecular formula is C21H31N3O4. The highest BCUT2D eigenvalue weighted by Gasteiger charge is 2.38. The summed E-state index contributed by atoms with van der Waals surface area (Å²) in [7, 11) is 0. The Kier molecular flexibility index (Phi) is 6.91. The number of carboxylic acids is 1. The van der Waals surface area contributed by atoms with Crippen LogP contribution in [0.3, 0.4) is 0 Å². The molecule has 0 bridgehead atoms. The minimum absolute atomic E-state index is 0.0634. The highest BCUT2D eigenvalue weighted by atomic mass is 16.6. The number of nitrogens with zero attached hydrogens (tertiary/aromatic N) is 3. The minimum Gasteiger partial charge on any atom is -0.481 e. The summed E-state index contributed by atoms with van der Waals surface area (Å²) in [6, 6.07) is 10.1. The van der Waals surface area contributed by atoms with Crippen LogP contribution in [0.1, 0.15) is 25.8 Å². The second-order valence-electron chi connectivity index (χ2n) is 8.04. The Morgan fingerprint density at radius 2 is 1.79 bits per heavy atom. The molecule has 2 heterocycles. The van der Waals surface area contributed by atoms with E-state index in [9.17, 15) is 14.7 Å². The molecule has 0 aliphatic carbocycles. The molecule has 2 fully saturated rings. The van der Waals surface area contributed by atoms with Gasteiger partial charge in [-0.25, -0.2) is 4.79 Å². The van der Waals surface area contributed by atoms with E-state index >= 15 is 0 Å². The lowest BCUT2D eigenvalue weighted by Gasteiger charge is -2.45. The third-order valence-corrected chi connectivity index (χ3v) is 5.84. The standard InChI is InChI=1S/C21H31N3O4/c1-16(2)22-8-10-23(11-9-22)19-12-18(20(25)26)13-24(14-19)21(27)28-15-17-6-4-3-5-7-17/h3-7,16,18-19H,8-15H2,1-2H3,(H,25,26)/t18-,19+/m1/s1. The number of likely N-dealkylation sites (tertiary alicyclic amines) is 1. The Hall–Kier alpha value is -2.12. The van der Waals surface area contributed by atoms with E-state index in [0.717, 1.165) is 31.7 Å². The number of carbonyl (C=O) groups excluding carboxylic acids is 1. The van der Waals surface area contributed by atoms with Gasteiger partial charge in [-0.1, -0.05) is 30.3 Å². The molecule has 154 valence electrons. The van der Waals surface area contributed by atoms with Crippen molar-refractivity contribution in [2.45, 2.75) is 39.0 Å². The highest BCUT2D eigenvalue weighted by Crippen LogP contribution is 2.24. The van der Waals surface area contributed by atoms with Gasteiger partial charge < -0.3 is 14.7 Å². The largest absolute Gasteiger partial charge is 0.481 e. The average molecular weight is 389 g/mol. The molecule has 0 aromatic heterocycles. The fraction of sp³-hybridized carbons (Fsp3) is 0.619. The van der Waals surface area contributed by atoms with Crippen LogP contribution in [0.15, 0.2) is 30.3 Å². The zero-order valence-electron chi connectivity index (χ0n) is 16.8. The molecule has 0 radical (unpaired) electrons. The number of piperidine rings is 1. The number of amides is 1. The summed E-state index contributed by atoms with van der Waals surface area (Å²) in [5.41, 5.74) is 0.920. The number of hydrogen-bond acceptors (Lipinski definition) is 5. The summed E-state index contributed by atoms with van der Waals surface area (Å²) in [4.78, 5) is 30.6. The van der Waals surface area contributed by atoms with Gasteiger partial charge in [-0.3, -0.25) is 14.6 Å². The van der Waals surface area contributed by atoms with Crippen LogP contribution in [-0.4, -0.2) is 83.2 Å². The first-order valence-electron chi connectivity index (χ1n) is 10.1. The van der Waals surface area contributed by atoms with E-state index in [2.05, 4.69) is 23.6 Å². The van der Waals surface area contributed by atoms with Crippen molar-refractivity contribution in [3.8, 4) is 0 Å². The Morgan fingerprint density at radius 1 is 1.11 bits per heavy atom. The first kappa shape index (κ1) is 20.6. The molecule has 2 atom stereocenters. The summed E-state index contributed by atoms with van der Waals surface area (Å²) in [6.07, 6.45) is 0.153. The van der Waals surface area contributed by atoms with Gasteiger partial charge in [0.25, 0.3) is 0 Å². The van der Waals surface area contributed by atoms with Crippen LogP contribution in [0.25, 0.3) is 0 Å². The number of carboxylic acid groups (broad SMARTS) is 1. The van der Waals surface area contributed by atoms with Crippen LogP contribution in [0, 0.1) is 5.92 Å². The van der Waals surface area contributed by atoms with Gasteiger partial charge in [0.15, 0.2) is 0 Å². The number of benzene rings is 1. The average Bonchev–Trinajstić information content (AvgIpc) is 2.72. The zero-order chi connectivity index (χ0) is 20.1. The number of hydrogen-bond donors (Lipinski definition) is 1. The van der Waals surface area contributed by atoms with Crippen LogP contribution < -0.4 is 0 Å². The van der Waals surface area contributed by atoms with Crippen LogP contribution in [0.5, 0.6) is 0 Å². The second kappa shape index (κ2) is 9.39. The fourth-order valence-electron chi connectivity index (χ4n) is 4.09. The number of rotatable bonds is 5. The second-order valence-corrected chi connectivity index (χ2v) is 8.04. The molecule has 2 aliphatic rings. The Balaban J connectivity index is 1.60. The smallest absolute Gasteiger partial charge is 0.410 e. The van der Waals surface area contributed by atoms with Gasteiger partial charge in [-0.2, -0.15) is 0 Å². The van der Waals surface area contributed by atoms with E-state index < -0.39 is 18.0 Å². The molecule has 0 spiro atoms. The van der Waals surface area contributed by atoms with E-state index in [1.165, 1.54) is 0 Å². The number of piperazine rings is 1. The van der Waals surface area contributed by atoms with Gasteiger partial charge in [0.05, 0.1) is 5.92 Å². The first-order valence-corrected chi connectivity index (χ1v) is 10.1. The zero-order valence-corrected chi connectivity index (χ0v) is 16.8.